The number of piperidine rings is 1. The minimum atomic E-state index is -0.257. The fourth-order valence-corrected chi connectivity index (χ4v) is 3.34. The third-order valence-corrected chi connectivity index (χ3v) is 5.08. The summed E-state index contributed by atoms with van der Waals surface area (Å²) < 4.78 is 5.45. The Hall–Kier alpha value is -1.25. The van der Waals surface area contributed by atoms with Crippen molar-refractivity contribution in [2.45, 2.75) is 97.0 Å². The monoisotopic (exact) mass is 349 g/mol. The van der Waals surface area contributed by atoms with Crippen molar-refractivity contribution in [1.82, 2.24) is 4.90 Å². The van der Waals surface area contributed by atoms with Crippen LogP contribution in [-0.4, -0.2) is 30.1 Å². The smallest absolute Gasteiger partial charge is 0.333 e. The Bertz CT molecular complexity index is 408. The Balaban J connectivity index is 2.03. The number of likely N-dealkylation sites (tertiary alicyclic amines) is 1. The summed E-state index contributed by atoms with van der Waals surface area (Å²) in [5.41, 5.74) is 1.74. The van der Waals surface area contributed by atoms with Crippen molar-refractivity contribution in [3.8, 4) is 0 Å². The van der Waals surface area contributed by atoms with Gasteiger partial charge in [-0.25, -0.2) is 4.79 Å². The van der Waals surface area contributed by atoms with Crippen LogP contribution in [0, 0.1) is 0 Å². The standard InChI is InChI=1S/C22H39NO2/c1-5-6-7-8-9-10-11-12-13-14-20(4)23-17-15-21(16-18-23)25-22(24)19(2)3/h21H,2,4-18H2,1,3H3. The number of allylic oxidation sites excluding steroid dienone is 1. The molecule has 0 N–H and O–H groups in total. The molecule has 1 aliphatic rings. The molecule has 0 amide bonds. The first-order valence-corrected chi connectivity index (χ1v) is 10.3. The topological polar surface area (TPSA) is 29.5 Å². The number of hydrogen-bond donors (Lipinski definition) is 0. The van der Waals surface area contributed by atoms with E-state index in [4.69, 9.17) is 4.74 Å². The number of unbranched alkanes of at least 4 members (excludes halogenated alkanes) is 8. The molecule has 1 aliphatic heterocycles. The fourth-order valence-electron chi connectivity index (χ4n) is 3.34. The number of rotatable bonds is 13. The quantitative estimate of drug-likeness (QED) is 0.232. The van der Waals surface area contributed by atoms with Gasteiger partial charge in [0, 0.05) is 37.2 Å². The second-order valence-corrected chi connectivity index (χ2v) is 7.52. The SMILES string of the molecule is C=C(C)C(=O)OC1CCN(C(=C)CCCCCCCCCCC)CC1. The van der Waals surface area contributed by atoms with E-state index >= 15 is 0 Å². The van der Waals surface area contributed by atoms with E-state index in [9.17, 15) is 4.79 Å². The maximum absolute atomic E-state index is 11.6. The summed E-state index contributed by atoms with van der Waals surface area (Å²) in [5.74, 6) is -0.257. The molecular weight excluding hydrogens is 310 g/mol. The first-order valence-electron chi connectivity index (χ1n) is 10.3. The molecule has 0 aliphatic carbocycles. The molecule has 3 nitrogen and oxygen atoms in total. The van der Waals surface area contributed by atoms with E-state index in [0.29, 0.717) is 5.57 Å². The van der Waals surface area contributed by atoms with Crippen molar-refractivity contribution in [3.63, 3.8) is 0 Å². The molecule has 0 spiro atoms. The maximum atomic E-state index is 11.6. The lowest BCUT2D eigenvalue weighted by Crippen LogP contribution is -2.37. The van der Waals surface area contributed by atoms with Crippen LogP contribution in [0.1, 0.15) is 90.9 Å². The number of nitrogens with zero attached hydrogens (tertiary/aromatic N) is 1. The number of carbonyl (C=O) groups is 1. The van der Waals surface area contributed by atoms with Crippen LogP contribution >= 0.6 is 0 Å². The van der Waals surface area contributed by atoms with E-state index in [2.05, 4.69) is 25.0 Å². The summed E-state index contributed by atoms with van der Waals surface area (Å²) in [5, 5.41) is 0. The van der Waals surface area contributed by atoms with Gasteiger partial charge in [-0.05, 0) is 19.8 Å². The van der Waals surface area contributed by atoms with Gasteiger partial charge >= 0.3 is 5.97 Å². The Morgan fingerprint density at radius 3 is 2.00 bits per heavy atom. The van der Waals surface area contributed by atoms with Crippen molar-refractivity contribution in [2.75, 3.05) is 13.1 Å². The Labute approximate surface area is 155 Å². The molecular formula is C22H39NO2. The Kier molecular flexibility index (Phi) is 11.3. The van der Waals surface area contributed by atoms with Crippen molar-refractivity contribution in [3.05, 3.63) is 24.4 Å². The normalized spacial score (nSPS) is 15.2. The van der Waals surface area contributed by atoms with Crippen LogP contribution in [0.15, 0.2) is 24.4 Å². The van der Waals surface area contributed by atoms with Crippen LogP contribution in [0.3, 0.4) is 0 Å². The molecule has 0 atom stereocenters. The lowest BCUT2D eigenvalue weighted by Gasteiger charge is -2.34. The molecule has 1 saturated heterocycles. The molecule has 3 heteroatoms. The van der Waals surface area contributed by atoms with E-state index in [1.54, 1.807) is 6.92 Å². The zero-order valence-electron chi connectivity index (χ0n) is 16.7. The number of ether oxygens (including phenoxy) is 1. The Morgan fingerprint density at radius 1 is 0.960 bits per heavy atom. The van der Waals surface area contributed by atoms with Crippen molar-refractivity contribution >= 4 is 5.97 Å². The highest BCUT2D eigenvalue weighted by Gasteiger charge is 2.22. The fraction of sp³-hybridized carbons (Fsp3) is 0.773. The molecule has 0 aromatic carbocycles. The number of hydrogen-bond acceptors (Lipinski definition) is 3. The summed E-state index contributed by atoms with van der Waals surface area (Å²) in [6, 6.07) is 0. The molecule has 1 fully saturated rings. The molecule has 0 radical (unpaired) electrons. The van der Waals surface area contributed by atoms with Gasteiger partial charge in [-0.3, -0.25) is 0 Å². The molecule has 0 aromatic heterocycles. The summed E-state index contributed by atoms with van der Waals surface area (Å²) in [4.78, 5) is 13.9. The van der Waals surface area contributed by atoms with E-state index in [1.165, 1.54) is 63.5 Å². The maximum Gasteiger partial charge on any atom is 0.333 e. The van der Waals surface area contributed by atoms with Crippen LogP contribution in [-0.2, 0) is 9.53 Å². The molecule has 0 saturated carbocycles. The third-order valence-electron chi connectivity index (χ3n) is 5.08. The molecule has 144 valence electrons. The van der Waals surface area contributed by atoms with Crippen LogP contribution in [0.2, 0.25) is 0 Å². The summed E-state index contributed by atoms with van der Waals surface area (Å²) in [6.45, 7) is 13.8. The van der Waals surface area contributed by atoms with Gasteiger partial charge in [0.1, 0.15) is 6.10 Å². The van der Waals surface area contributed by atoms with Crippen molar-refractivity contribution < 1.29 is 9.53 Å². The average molecular weight is 350 g/mol. The van der Waals surface area contributed by atoms with Gasteiger partial charge in [0.2, 0.25) is 0 Å². The lowest BCUT2D eigenvalue weighted by molar-refractivity contribution is -0.146. The van der Waals surface area contributed by atoms with E-state index in [-0.39, 0.29) is 12.1 Å². The van der Waals surface area contributed by atoms with Gasteiger partial charge in [-0.2, -0.15) is 0 Å². The number of esters is 1. The molecule has 1 rings (SSSR count). The first kappa shape index (κ1) is 21.8. The highest BCUT2D eigenvalue weighted by Crippen LogP contribution is 2.21. The first-order chi connectivity index (χ1) is 12.0. The molecule has 0 aromatic rings. The van der Waals surface area contributed by atoms with Gasteiger partial charge in [-0.1, -0.05) is 71.4 Å². The minimum Gasteiger partial charge on any atom is -0.459 e. The van der Waals surface area contributed by atoms with Crippen LogP contribution in [0.5, 0.6) is 0 Å². The van der Waals surface area contributed by atoms with Gasteiger partial charge in [0.05, 0.1) is 0 Å². The van der Waals surface area contributed by atoms with Gasteiger partial charge < -0.3 is 9.64 Å². The predicted octanol–water partition coefficient (Wildman–Crippen LogP) is 6.00. The predicted molar refractivity (Wildman–Crippen MR) is 106 cm³/mol. The molecule has 1 heterocycles. The van der Waals surface area contributed by atoms with Crippen LogP contribution in [0.4, 0.5) is 0 Å². The van der Waals surface area contributed by atoms with E-state index in [0.717, 1.165) is 32.4 Å². The number of carbonyl (C=O) groups excluding carboxylic acids is 1. The second-order valence-electron chi connectivity index (χ2n) is 7.52. The largest absolute Gasteiger partial charge is 0.459 e. The third kappa shape index (κ3) is 9.72. The van der Waals surface area contributed by atoms with E-state index < -0.39 is 0 Å². The molecule has 0 unspecified atom stereocenters. The summed E-state index contributed by atoms with van der Waals surface area (Å²) >= 11 is 0. The molecule has 0 bridgehead atoms. The Morgan fingerprint density at radius 2 is 1.48 bits per heavy atom. The average Bonchev–Trinajstić information content (AvgIpc) is 2.60. The second kappa shape index (κ2) is 13.0. The van der Waals surface area contributed by atoms with Crippen LogP contribution in [0.25, 0.3) is 0 Å². The van der Waals surface area contributed by atoms with Crippen LogP contribution < -0.4 is 0 Å². The minimum absolute atomic E-state index is 0.0426. The zero-order chi connectivity index (χ0) is 18.5. The summed E-state index contributed by atoms with van der Waals surface area (Å²) in [6.07, 6.45) is 15.2. The zero-order valence-corrected chi connectivity index (χ0v) is 16.7. The van der Waals surface area contributed by atoms with Gasteiger partial charge in [0.25, 0.3) is 0 Å². The summed E-state index contributed by atoms with van der Waals surface area (Å²) in [7, 11) is 0. The highest BCUT2D eigenvalue weighted by atomic mass is 16.5. The highest BCUT2D eigenvalue weighted by molar-refractivity contribution is 5.87. The van der Waals surface area contributed by atoms with Crippen molar-refractivity contribution in [2.24, 2.45) is 0 Å². The van der Waals surface area contributed by atoms with Crippen molar-refractivity contribution in [1.29, 1.82) is 0 Å². The molecule has 25 heavy (non-hydrogen) atoms. The lowest BCUT2D eigenvalue weighted by atomic mass is 10.0. The van der Waals surface area contributed by atoms with Gasteiger partial charge in [-0.15, -0.1) is 0 Å². The van der Waals surface area contributed by atoms with E-state index in [1.807, 2.05) is 0 Å². The van der Waals surface area contributed by atoms with Gasteiger partial charge in [0.15, 0.2) is 0 Å².